The van der Waals surface area contributed by atoms with Crippen LogP contribution in [-0.2, 0) is 16.1 Å². The van der Waals surface area contributed by atoms with Gasteiger partial charge in [0.15, 0.2) is 0 Å². The van der Waals surface area contributed by atoms with E-state index in [1.807, 2.05) is 61.5 Å². The van der Waals surface area contributed by atoms with Crippen molar-refractivity contribution in [3.8, 4) is 5.75 Å². The maximum Gasteiger partial charge on any atom is 0.267 e. The lowest BCUT2D eigenvalue weighted by atomic mass is 10.1. The molecule has 2 aromatic rings. The van der Waals surface area contributed by atoms with E-state index >= 15 is 0 Å². The molecule has 0 fully saturated rings. The molecule has 0 radical (unpaired) electrons. The van der Waals surface area contributed by atoms with Crippen molar-refractivity contribution in [3.63, 3.8) is 0 Å². The van der Waals surface area contributed by atoms with Gasteiger partial charge in [-0.25, -0.2) is 5.01 Å². The molecule has 29 heavy (non-hydrogen) atoms. The lowest BCUT2D eigenvalue weighted by molar-refractivity contribution is -0.132. The quantitative estimate of drug-likeness (QED) is 0.664. The average Bonchev–Trinajstić information content (AvgIpc) is 2.74. The van der Waals surface area contributed by atoms with E-state index in [2.05, 4.69) is 10.4 Å². The van der Waals surface area contributed by atoms with Crippen LogP contribution in [0.25, 0.3) is 0 Å². The molecule has 0 saturated heterocycles. The molecule has 1 aliphatic rings. The van der Waals surface area contributed by atoms with Crippen molar-refractivity contribution in [3.05, 3.63) is 65.7 Å². The Labute approximate surface area is 171 Å². The summed E-state index contributed by atoms with van der Waals surface area (Å²) in [5, 5.41) is 8.57. The molecule has 0 spiro atoms. The highest BCUT2D eigenvalue weighted by Gasteiger charge is 2.24. The van der Waals surface area contributed by atoms with E-state index in [0.29, 0.717) is 38.2 Å². The number of nitrogens with one attached hydrogen (secondary N) is 1. The standard InChI is InChI=1S/C23H27N3O3/c1-18-9-11-20(12-10-18)29-16-6-5-15-24-23(28)21-13-14-22(27)26(25-21)17-19-7-3-2-4-8-19/h2-4,7-12H,5-6,13-17H2,1H3,(H,24,28). The van der Waals surface area contributed by atoms with E-state index in [1.54, 1.807) is 0 Å². The highest BCUT2D eigenvalue weighted by Crippen LogP contribution is 2.14. The van der Waals surface area contributed by atoms with Gasteiger partial charge in [-0.05, 0) is 37.5 Å². The summed E-state index contributed by atoms with van der Waals surface area (Å²) in [7, 11) is 0. The minimum Gasteiger partial charge on any atom is -0.494 e. The van der Waals surface area contributed by atoms with E-state index in [4.69, 9.17) is 4.74 Å². The molecule has 0 aliphatic carbocycles. The number of rotatable bonds is 9. The van der Waals surface area contributed by atoms with Gasteiger partial charge < -0.3 is 10.1 Å². The minimum absolute atomic E-state index is 0.0568. The number of ether oxygens (including phenoxy) is 1. The Balaban J connectivity index is 1.39. The first-order chi connectivity index (χ1) is 14.1. The van der Waals surface area contributed by atoms with Gasteiger partial charge in [0.05, 0.1) is 13.2 Å². The van der Waals surface area contributed by atoms with E-state index in [0.717, 1.165) is 24.2 Å². The molecule has 2 aromatic carbocycles. The number of hydrazone groups is 1. The Morgan fingerprint density at radius 1 is 1.07 bits per heavy atom. The summed E-state index contributed by atoms with van der Waals surface area (Å²) in [6, 6.07) is 17.6. The fourth-order valence-corrected chi connectivity index (χ4v) is 3.00. The smallest absolute Gasteiger partial charge is 0.267 e. The van der Waals surface area contributed by atoms with Crippen molar-refractivity contribution in [1.29, 1.82) is 0 Å². The number of hydrogen-bond donors (Lipinski definition) is 1. The van der Waals surface area contributed by atoms with Crippen molar-refractivity contribution < 1.29 is 14.3 Å². The topological polar surface area (TPSA) is 71.0 Å². The van der Waals surface area contributed by atoms with Gasteiger partial charge in [0.2, 0.25) is 5.91 Å². The van der Waals surface area contributed by atoms with Crippen LogP contribution < -0.4 is 10.1 Å². The monoisotopic (exact) mass is 393 g/mol. The van der Waals surface area contributed by atoms with Crippen molar-refractivity contribution in [2.45, 2.75) is 39.2 Å². The summed E-state index contributed by atoms with van der Waals surface area (Å²) in [5.41, 5.74) is 2.60. The average molecular weight is 393 g/mol. The predicted octanol–water partition coefficient (Wildman–Crippen LogP) is 3.45. The van der Waals surface area contributed by atoms with Crippen LogP contribution in [0.15, 0.2) is 59.7 Å². The molecular weight excluding hydrogens is 366 g/mol. The van der Waals surface area contributed by atoms with Crippen LogP contribution in [0, 0.1) is 6.92 Å². The first-order valence-corrected chi connectivity index (χ1v) is 10.0. The summed E-state index contributed by atoms with van der Waals surface area (Å²) in [6.45, 7) is 3.59. The van der Waals surface area contributed by atoms with Gasteiger partial charge in [0.1, 0.15) is 11.5 Å². The second kappa shape index (κ2) is 10.4. The van der Waals surface area contributed by atoms with Gasteiger partial charge in [-0.2, -0.15) is 5.10 Å². The molecule has 0 aromatic heterocycles. The zero-order valence-corrected chi connectivity index (χ0v) is 16.8. The first-order valence-electron chi connectivity index (χ1n) is 10.0. The SMILES string of the molecule is Cc1ccc(OCCCCNC(=O)C2=NN(Cc3ccccc3)C(=O)CC2)cc1. The molecule has 6 nitrogen and oxygen atoms in total. The largest absolute Gasteiger partial charge is 0.494 e. The van der Waals surface area contributed by atoms with E-state index in [1.165, 1.54) is 10.6 Å². The first kappa shape index (κ1) is 20.6. The van der Waals surface area contributed by atoms with Crippen molar-refractivity contribution in [2.24, 2.45) is 5.10 Å². The molecule has 3 rings (SSSR count). The van der Waals surface area contributed by atoms with Crippen molar-refractivity contribution in [1.82, 2.24) is 10.3 Å². The maximum absolute atomic E-state index is 12.4. The fraction of sp³-hybridized carbons (Fsp3) is 0.348. The molecule has 6 heteroatoms. The van der Waals surface area contributed by atoms with E-state index in [9.17, 15) is 9.59 Å². The highest BCUT2D eigenvalue weighted by atomic mass is 16.5. The van der Waals surface area contributed by atoms with Crippen LogP contribution in [0.1, 0.15) is 36.8 Å². The summed E-state index contributed by atoms with van der Waals surface area (Å²) in [6.07, 6.45) is 2.35. The third kappa shape index (κ3) is 6.45. The third-order valence-corrected chi connectivity index (χ3v) is 4.69. The predicted molar refractivity (Wildman–Crippen MR) is 113 cm³/mol. The lowest BCUT2D eigenvalue weighted by Crippen LogP contribution is -2.39. The number of hydrogen-bond acceptors (Lipinski definition) is 4. The number of aryl methyl sites for hydroxylation is 1. The maximum atomic E-state index is 12.4. The Morgan fingerprint density at radius 3 is 2.59 bits per heavy atom. The molecule has 0 unspecified atom stereocenters. The van der Waals surface area contributed by atoms with Gasteiger partial charge in [0.25, 0.3) is 5.91 Å². The van der Waals surface area contributed by atoms with Crippen molar-refractivity contribution >= 4 is 17.5 Å². The molecular formula is C23H27N3O3. The summed E-state index contributed by atoms with van der Waals surface area (Å²) >= 11 is 0. The van der Waals surface area contributed by atoms with Crippen LogP contribution in [0.4, 0.5) is 0 Å². The number of carbonyl (C=O) groups is 2. The van der Waals surface area contributed by atoms with Crippen LogP contribution in [0.2, 0.25) is 0 Å². The molecule has 1 aliphatic heterocycles. The van der Waals surface area contributed by atoms with E-state index in [-0.39, 0.29) is 11.8 Å². The second-order valence-electron chi connectivity index (χ2n) is 7.11. The number of carbonyl (C=O) groups excluding carboxylic acids is 2. The molecule has 0 bridgehead atoms. The molecule has 0 saturated carbocycles. The summed E-state index contributed by atoms with van der Waals surface area (Å²) in [5.74, 6) is 0.605. The van der Waals surface area contributed by atoms with Crippen LogP contribution in [-0.4, -0.2) is 35.7 Å². The van der Waals surface area contributed by atoms with Crippen molar-refractivity contribution in [2.75, 3.05) is 13.2 Å². The third-order valence-electron chi connectivity index (χ3n) is 4.69. The van der Waals surface area contributed by atoms with Gasteiger partial charge in [-0.1, -0.05) is 48.0 Å². The van der Waals surface area contributed by atoms with E-state index < -0.39 is 0 Å². The zero-order chi connectivity index (χ0) is 20.5. The molecule has 0 atom stereocenters. The molecule has 1 N–H and O–H groups in total. The lowest BCUT2D eigenvalue weighted by Gasteiger charge is -2.23. The highest BCUT2D eigenvalue weighted by molar-refractivity contribution is 6.39. The molecule has 1 heterocycles. The Bertz CT molecular complexity index is 847. The molecule has 152 valence electrons. The summed E-state index contributed by atoms with van der Waals surface area (Å²) < 4.78 is 5.69. The minimum atomic E-state index is -0.199. The Morgan fingerprint density at radius 2 is 1.83 bits per heavy atom. The van der Waals surface area contributed by atoms with Gasteiger partial charge >= 0.3 is 0 Å². The number of amides is 2. The van der Waals surface area contributed by atoms with Crippen LogP contribution in [0.5, 0.6) is 5.75 Å². The number of nitrogens with zero attached hydrogens (tertiary/aromatic N) is 2. The normalized spacial score (nSPS) is 13.8. The Kier molecular flexibility index (Phi) is 7.39. The summed E-state index contributed by atoms with van der Waals surface area (Å²) in [4.78, 5) is 24.5. The van der Waals surface area contributed by atoms with Gasteiger partial charge in [0, 0.05) is 19.4 Å². The number of benzene rings is 2. The number of unbranched alkanes of at least 4 members (excludes halogenated alkanes) is 1. The second-order valence-corrected chi connectivity index (χ2v) is 7.11. The van der Waals surface area contributed by atoms with Gasteiger partial charge in [-0.15, -0.1) is 0 Å². The van der Waals surface area contributed by atoms with Crippen LogP contribution in [0.3, 0.4) is 0 Å². The zero-order valence-electron chi connectivity index (χ0n) is 16.8. The fourth-order valence-electron chi connectivity index (χ4n) is 3.00. The van der Waals surface area contributed by atoms with Crippen LogP contribution >= 0.6 is 0 Å². The molecule has 2 amide bonds. The van der Waals surface area contributed by atoms with Gasteiger partial charge in [-0.3, -0.25) is 9.59 Å². The Hall–Kier alpha value is -3.15.